The minimum absolute atomic E-state index is 0.0209. The molecule has 3 aromatic heterocycles. The molecule has 1 saturated heterocycles. The van der Waals surface area contributed by atoms with Crippen LogP contribution < -0.4 is 9.62 Å². The lowest BCUT2D eigenvalue weighted by molar-refractivity contribution is 0.122. The molecule has 4 heterocycles. The van der Waals surface area contributed by atoms with Crippen LogP contribution in [-0.4, -0.2) is 65.7 Å². The number of hydrogen-bond acceptors (Lipinski definition) is 7. The number of anilines is 1. The summed E-state index contributed by atoms with van der Waals surface area (Å²) in [4.78, 5) is 7.31. The second-order valence-corrected chi connectivity index (χ2v) is 9.94. The van der Waals surface area contributed by atoms with E-state index >= 15 is 0 Å². The summed E-state index contributed by atoms with van der Waals surface area (Å²) in [5.74, 6) is 1.43. The predicted octanol–water partition coefficient (Wildman–Crippen LogP) is 2.09. The topological polar surface area (TPSA) is 118 Å². The Morgan fingerprint density at radius 2 is 1.91 bits per heavy atom. The fourth-order valence-electron chi connectivity index (χ4n) is 4.11. The van der Waals surface area contributed by atoms with E-state index in [0.29, 0.717) is 43.3 Å². The Hall–Kier alpha value is -3.28. The normalized spacial score (nSPS) is 17.0. The maximum absolute atomic E-state index is 13.2. The minimum Gasteiger partial charge on any atom is -0.378 e. The Labute approximate surface area is 190 Å². The van der Waals surface area contributed by atoms with Crippen molar-refractivity contribution in [2.24, 2.45) is 0 Å². The molecular formula is C22H23N7O3S. The summed E-state index contributed by atoms with van der Waals surface area (Å²) >= 11 is 0. The summed E-state index contributed by atoms with van der Waals surface area (Å²) < 4.78 is 36.4. The smallest absolute Gasteiger partial charge is 0.241 e. The van der Waals surface area contributed by atoms with E-state index in [1.807, 2.05) is 24.3 Å². The van der Waals surface area contributed by atoms with Crippen LogP contribution in [0.5, 0.6) is 0 Å². The van der Waals surface area contributed by atoms with Gasteiger partial charge in [0.25, 0.3) is 0 Å². The molecule has 1 aliphatic heterocycles. The molecule has 2 N–H and O–H groups in total. The molecule has 0 atom stereocenters. The highest BCUT2D eigenvalue weighted by atomic mass is 32.2. The van der Waals surface area contributed by atoms with E-state index in [-0.39, 0.29) is 10.9 Å². The molecule has 170 valence electrons. The zero-order valence-electron chi connectivity index (χ0n) is 17.8. The highest BCUT2D eigenvalue weighted by Crippen LogP contribution is 2.36. The Balaban J connectivity index is 1.57. The molecule has 4 aromatic rings. The number of aromatic amines is 1. The number of ether oxygens (including phenoxy) is 1. The summed E-state index contributed by atoms with van der Waals surface area (Å²) in [6, 6.07) is 10.9. The van der Waals surface area contributed by atoms with Crippen LogP contribution in [0.25, 0.3) is 28.0 Å². The second kappa shape index (κ2) is 7.94. The molecule has 6 rings (SSSR count). The zero-order chi connectivity index (χ0) is 22.4. The molecule has 1 aromatic carbocycles. The highest BCUT2D eigenvalue weighted by molar-refractivity contribution is 7.89. The van der Waals surface area contributed by atoms with Crippen LogP contribution in [0, 0.1) is 0 Å². The first-order valence-corrected chi connectivity index (χ1v) is 12.4. The monoisotopic (exact) mass is 465 g/mol. The number of hydrogen-bond donors (Lipinski definition) is 2. The van der Waals surface area contributed by atoms with Crippen LogP contribution in [-0.2, 0) is 14.8 Å². The molecule has 1 aliphatic carbocycles. The van der Waals surface area contributed by atoms with Crippen LogP contribution in [0.1, 0.15) is 12.8 Å². The zero-order valence-corrected chi connectivity index (χ0v) is 18.6. The lowest BCUT2D eigenvalue weighted by Crippen LogP contribution is -2.36. The molecule has 2 aliphatic rings. The van der Waals surface area contributed by atoms with Gasteiger partial charge in [-0.2, -0.15) is 14.9 Å². The van der Waals surface area contributed by atoms with Gasteiger partial charge < -0.3 is 9.64 Å². The van der Waals surface area contributed by atoms with Gasteiger partial charge >= 0.3 is 0 Å². The molecule has 0 spiro atoms. The molecule has 33 heavy (non-hydrogen) atoms. The van der Waals surface area contributed by atoms with E-state index in [4.69, 9.17) is 9.72 Å². The molecule has 2 fully saturated rings. The van der Waals surface area contributed by atoms with Gasteiger partial charge in [0.1, 0.15) is 5.82 Å². The molecule has 0 unspecified atom stereocenters. The average molecular weight is 466 g/mol. The molecular weight excluding hydrogens is 442 g/mol. The molecule has 0 bridgehead atoms. The van der Waals surface area contributed by atoms with E-state index in [0.717, 1.165) is 29.6 Å². The molecule has 11 heteroatoms. The third-order valence-corrected chi connectivity index (χ3v) is 7.52. The third-order valence-electron chi connectivity index (χ3n) is 5.94. The van der Waals surface area contributed by atoms with E-state index in [1.54, 1.807) is 29.2 Å². The summed E-state index contributed by atoms with van der Waals surface area (Å²) in [5, 5.41) is 12.2. The van der Waals surface area contributed by atoms with Crippen molar-refractivity contribution in [2.45, 2.75) is 23.8 Å². The van der Waals surface area contributed by atoms with Gasteiger partial charge in [0.05, 0.1) is 30.5 Å². The van der Waals surface area contributed by atoms with Crippen molar-refractivity contribution in [3.63, 3.8) is 0 Å². The number of nitrogens with one attached hydrogen (secondary N) is 2. The maximum Gasteiger partial charge on any atom is 0.241 e. The van der Waals surface area contributed by atoms with Crippen LogP contribution in [0.15, 0.2) is 53.7 Å². The number of H-pyrrole nitrogens is 1. The van der Waals surface area contributed by atoms with E-state index < -0.39 is 10.0 Å². The first kappa shape index (κ1) is 20.3. The lowest BCUT2D eigenvalue weighted by Gasteiger charge is -2.28. The van der Waals surface area contributed by atoms with Gasteiger partial charge in [-0.05, 0) is 30.5 Å². The number of nitrogens with zero attached hydrogens (tertiary/aromatic N) is 5. The maximum atomic E-state index is 13.2. The fourth-order valence-corrected chi connectivity index (χ4v) is 5.64. The van der Waals surface area contributed by atoms with Gasteiger partial charge in [-0.25, -0.2) is 18.1 Å². The lowest BCUT2D eigenvalue weighted by atomic mass is 10.0. The number of aromatic nitrogens is 5. The van der Waals surface area contributed by atoms with Crippen LogP contribution in [0.3, 0.4) is 0 Å². The fraction of sp³-hybridized carbons (Fsp3) is 0.318. The predicted molar refractivity (Wildman–Crippen MR) is 123 cm³/mol. The van der Waals surface area contributed by atoms with Crippen LogP contribution in [0.2, 0.25) is 0 Å². The van der Waals surface area contributed by atoms with Crippen LogP contribution >= 0.6 is 0 Å². The third kappa shape index (κ3) is 3.77. The Morgan fingerprint density at radius 1 is 1.09 bits per heavy atom. The largest absolute Gasteiger partial charge is 0.378 e. The summed E-state index contributed by atoms with van der Waals surface area (Å²) in [7, 11) is -3.67. The van der Waals surface area contributed by atoms with Crippen molar-refractivity contribution in [1.82, 2.24) is 29.7 Å². The van der Waals surface area contributed by atoms with Gasteiger partial charge in [0.15, 0.2) is 11.5 Å². The second-order valence-electron chi connectivity index (χ2n) is 8.25. The average Bonchev–Trinajstić information content (AvgIpc) is 3.30. The Morgan fingerprint density at radius 3 is 2.67 bits per heavy atom. The number of morpholine rings is 1. The number of fused-ring (bicyclic) bond motifs is 1. The van der Waals surface area contributed by atoms with Gasteiger partial charge in [0, 0.05) is 36.1 Å². The minimum atomic E-state index is -3.67. The van der Waals surface area contributed by atoms with Crippen molar-refractivity contribution in [3.8, 4) is 16.9 Å². The van der Waals surface area contributed by atoms with Gasteiger partial charge in [-0.1, -0.05) is 18.2 Å². The van der Waals surface area contributed by atoms with Crippen molar-refractivity contribution in [2.75, 3.05) is 31.2 Å². The van der Waals surface area contributed by atoms with Gasteiger partial charge in [0.2, 0.25) is 10.0 Å². The molecule has 0 radical (unpaired) electrons. The quantitative estimate of drug-likeness (QED) is 0.448. The van der Waals surface area contributed by atoms with Crippen LogP contribution in [0.4, 0.5) is 5.82 Å². The summed E-state index contributed by atoms with van der Waals surface area (Å²) in [6.45, 7) is 2.65. The first-order chi connectivity index (χ1) is 16.1. The Kier molecular flexibility index (Phi) is 4.89. The van der Waals surface area contributed by atoms with E-state index in [2.05, 4.69) is 24.9 Å². The summed E-state index contributed by atoms with van der Waals surface area (Å²) in [5.41, 5.74) is 2.02. The van der Waals surface area contributed by atoms with E-state index in [9.17, 15) is 8.42 Å². The highest BCUT2D eigenvalue weighted by Gasteiger charge is 2.30. The van der Waals surface area contributed by atoms with Gasteiger partial charge in [-0.15, -0.1) is 0 Å². The number of rotatable bonds is 6. The van der Waals surface area contributed by atoms with E-state index in [1.165, 1.54) is 0 Å². The molecule has 10 nitrogen and oxygen atoms in total. The molecule has 1 saturated carbocycles. The summed E-state index contributed by atoms with van der Waals surface area (Å²) in [6.07, 6.45) is 5.12. The van der Waals surface area contributed by atoms with Crippen molar-refractivity contribution < 1.29 is 13.2 Å². The van der Waals surface area contributed by atoms with Crippen molar-refractivity contribution in [1.29, 1.82) is 0 Å². The molecule has 0 amide bonds. The first-order valence-electron chi connectivity index (χ1n) is 10.9. The van der Waals surface area contributed by atoms with Crippen molar-refractivity contribution in [3.05, 3.63) is 48.8 Å². The van der Waals surface area contributed by atoms with Crippen molar-refractivity contribution >= 4 is 26.9 Å². The standard InChI is InChI=1S/C22H23N7O3S/c30-33(31,27-15-5-6-15)19-4-2-1-3-16(19)17-13-21(28-9-11-32-12-10-28)25-22-18(17)14-24-29(22)20-7-8-23-26-20/h1-4,7-8,13-15,27H,5-6,9-12H2,(H,23,26). The SMILES string of the molecule is O=S(=O)(NC1CC1)c1ccccc1-c1cc(N2CCOCC2)nc2c1cnn2-c1ccn[nH]1. The number of sulfonamides is 1. The number of benzene rings is 1. The Bertz CT molecular complexity index is 1410. The number of pyridine rings is 1. The van der Waals surface area contributed by atoms with Gasteiger partial charge in [-0.3, -0.25) is 5.10 Å².